The summed E-state index contributed by atoms with van der Waals surface area (Å²) in [7, 11) is 1.40. The molecule has 0 spiro atoms. The fraction of sp³-hybridized carbons (Fsp3) is 0.146. The number of unbranched alkanes of at least 4 members (excludes halogenated alkanes) is 3. The van der Waals surface area contributed by atoms with Crippen LogP contribution in [0.15, 0.2) is 109 Å². The Hall–Kier alpha value is -6.09. The summed E-state index contributed by atoms with van der Waals surface area (Å²) >= 11 is 3.62. The first kappa shape index (κ1) is 35.6. The number of esters is 1. The molecule has 0 amide bonds. The summed E-state index contributed by atoms with van der Waals surface area (Å²) in [6.45, 7) is 2.26. The molecule has 5 aromatic heterocycles. The minimum absolute atomic E-state index is 0.373. The molecule has 56 heavy (non-hydrogen) atoms. The van der Waals surface area contributed by atoms with Crippen molar-refractivity contribution in [1.82, 2.24) is 19.9 Å². The summed E-state index contributed by atoms with van der Waals surface area (Å²) in [6, 6.07) is 38.1. The molecular formula is C48H40N4O2S2. The van der Waals surface area contributed by atoms with Crippen molar-refractivity contribution < 1.29 is 9.53 Å². The second-order valence-electron chi connectivity index (χ2n) is 14.1. The van der Waals surface area contributed by atoms with E-state index in [1.165, 1.54) is 58.6 Å². The van der Waals surface area contributed by atoms with E-state index in [-0.39, 0.29) is 5.97 Å². The highest BCUT2D eigenvalue weighted by atomic mass is 32.1. The lowest BCUT2D eigenvalue weighted by atomic mass is 10.00. The number of thiophene rings is 2. The van der Waals surface area contributed by atoms with Gasteiger partial charge in [0.05, 0.1) is 41.0 Å². The SMILES string of the molecule is CCCCCCc1ccc(-c2ccc(-c3ccc(-c4cc5cc6nc(cc7ccc(cc8nc(c(-c9ccc(C(=O)OC)cc9)c4[nH]5)C=C8)[nH]7)C=C6)s3)s2)cc1. The smallest absolute Gasteiger partial charge is 0.337 e. The molecule has 0 radical (unpaired) electrons. The van der Waals surface area contributed by atoms with Crippen LogP contribution >= 0.6 is 22.7 Å². The zero-order valence-electron chi connectivity index (χ0n) is 31.3. The molecule has 7 aromatic rings. The van der Waals surface area contributed by atoms with Crippen molar-refractivity contribution in [1.29, 1.82) is 0 Å². The van der Waals surface area contributed by atoms with Gasteiger partial charge in [-0.1, -0.05) is 62.6 Å². The van der Waals surface area contributed by atoms with Crippen LogP contribution in [0, 0.1) is 0 Å². The fourth-order valence-electron chi connectivity index (χ4n) is 7.32. The average Bonchev–Trinajstić information content (AvgIpc) is 4.08. The second-order valence-corrected chi connectivity index (χ2v) is 16.3. The normalized spacial score (nSPS) is 12.0. The van der Waals surface area contributed by atoms with Crippen LogP contribution in [0.5, 0.6) is 0 Å². The molecule has 0 saturated heterocycles. The molecule has 0 aliphatic carbocycles. The highest BCUT2D eigenvalue weighted by Gasteiger charge is 2.18. The summed E-state index contributed by atoms with van der Waals surface area (Å²) in [4.78, 5) is 34.6. The van der Waals surface area contributed by atoms with Crippen LogP contribution in [0.3, 0.4) is 0 Å². The van der Waals surface area contributed by atoms with Crippen LogP contribution in [-0.2, 0) is 11.2 Å². The maximum atomic E-state index is 12.4. The van der Waals surface area contributed by atoms with E-state index in [4.69, 9.17) is 14.7 Å². The van der Waals surface area contributed by atoms with Gasteiger partial charge in [0.15, 0.2) is 0 Å². The number of carbonyl (C=O) groups excluding carboxylic acids is 1. The van der Waals surface area contributed by atoms with Crippen LogP contribution in [0.25, 0.3) is 88.1 Å². The Labute approximate surface area is 334 Å². The van der Waals surface area contributed by atoms with E-state index in [1.807, 2.05) is 66.0 Å². The van der Waals surface area contributed by atoms with Crippen molar-refractivity contribution in [2.45, 2.75) is 39.0 Å². The summed E-state index contributed by atoms with van der Waals surface area (Å²) in [5, 5.41) is 0. The van der Waals surface area contributed by atoms with E-state index < -0.39 is 0 Å². The molecule has 2 aliphatic rings. The highest BCUT2D eigenvalue weighted by Crippen LogP contribution is 2.43. The number of methoxy groups -OCH3 is 1. The number of hydrogen-bond donors (Lipinski definition) is 2. The van der Waals surface area contributed by atoms with E-state index in [0.717, 1.165) is 72.8 Å². The Balaban J connectivity index is 1.17. The van der Waals surface area contributed by atoms with Gasteiger partial charge in [0.1, 0.15) is 0 Å². The van der Waals surface area contributed by atoms with Gasteiger partial charge in [-0.2, -0.15) is 0 Å². The lowest BCUT2D eigenvalue weighted by Gasteiger charge is -2.07. The number of nitrogens with zero attached hydrogens (tertiary/aromatic N) is 2. The van der Waals surface area contributed by atoms with Gasteiger partial charge < -0.3 is 14.7 Å². The zero-order chi connectivity index (χ0) is 38.0. The topological polar surface area (TPSA) is 83.7 Å². The van der Waals surface area contributed by atoms with E-state index >= 15 is 0 Å². The number of nitrogens with one attached hydrogen (secondary N) is 2. The lowest BCUT2D eigenvalue weighted by Crippen LogP contribution is -2.00. The van der Waals surface area contributed by atoms with Crippen LogP contribution in [0.1, 0.15) is 71.3 Å². The van der Waals surface area contributed by atoms with Crippen LogP contribution < -0.4 is 0 Å². The second kappa shape index (κ2) is 15.6. The van der Waals surface area contributed by atoms with Gasteiger partial charge in [-0.15, -0.1) is 22.7 Å². The number of ether oxygens (including phenoxy) is 1. The number of aryl methyl sites for hydroxylation is 1. The Bertz CT molecular complexity index is 2800. The zero-order valence-corrected chi connectivity index (χ0v) is 32.9. The standard InChI is InChI=1S/C48H40N4O2S2/c1-3-4-5-6-7-30-8-10-31(11-9-30)42-22-24-44(55-42)45-25-23-43(56-45)40-29-39-28-37-19-18-35(50-37)26-34-16-17-36(49-34)27-38-20-21-41(51-38)46(47(40)52-39)32-12-14-33(15-13-32)48(53)54-2/h8-29,49,52H,3-7H2,1-2H3. The predicted octanol–water partition coefficient (Wildman–Crippen LogP) is 13.4. The number of benzene rings is 2. The molecule has 0 unspecified atom stereocenters. The molecule has 8 heteroatoms. The molecule has 2 aromatic carbocycles. The van der Waals surface area contributed by atoms with E-state index in [1.54, 1.807) is 11.3 Å². The van der Waals surface area contributed by atoms with Crippen molar-refractivity contribution in [3.05, 3.63) is 143 Å². The molecule has 2 aliphatic heterocycles. The molecule has 0 fully saturated rings. The first-order valence-electron chi connectivity index (χ1n) is 19.1. The maximum Gasteiger partial charge on any atom is 0.337 e. The van der Waals surface area contributed by atoms with Crippen molar-refractivity contribution in [2.24, 2.45) is 0 Å². The quantitative estimate of drug-likeness (QED) is 0.107. The Kier molecular flexibility index (Phi) is 9.90. The van der Waals surface area contributed by atoms with Crippen molar-refractivity contribution >= 4 is 75.0 Å². The van der Waals surface area contributed by atoms with E-state index in [2.05, 4.69) is 95.8 Å². The minimum atomic E-state index is -0.373. The maximum absolute atomic E-state index is 12.4. The first-order valence-corrected chi connectivity index (χ1v) is 20.7. The Morgan fingerprint density at radius 1 is 0.607 bits per heavy atom. The molecule has 2 N–H and O–H groups in total. The number of aromatic nitrogens is 4. The van der Waals surface area contributed by atoms with Gasteiger partial charge in [0.25, 0.3) is 0 Å². The lowest BCUT2D eigenvalue weighted by molar-refractivity contribution is 0.0600. The van der Waals surface area contributed by atoms with Gasteiger partial charge >= 0.3 is 5.97 Å². The number of H-pyrrole nitrogens is 2. The van der Waals surface area contributed by atoms with Gasteiger partial charge in [-0.05, 0) is 127 Å². The van der Waals surface area contributed by atoms with Crippen LogP contribution in [0.4, 0.5) is 0 Å². The molecular weight excluding hydrogens is 729 g/mol. The van der Waals surface area contributed by atoms with Crippen molar-refractivity contribution in [3.63, 3.8) is 0 Å². The summed E-state index contributed by atoms with van der Waals surface area (Å²) in [5.41, 5.74) is 13.3. The van der Waals surface area contributed by atoms with Crippen LogP contribution in [-0.4, -0.2) is 33.0 Å². The van der Waals surface area contributed by atoms with Crippen molar-refractivity contribution in [3.8, 4) is 41.8 Å². The molecule has 7 heterocycles. The minimum Gasteiger partial charge on any atom is -0.465 e. The van der Waals surface area contributed by atoms with Crippen LogP contribution in [0.2, 0.25) is 0 Å². The summed E-state index contributed by atoms with van der Waals surface area (Å²) < 4.78 is 5.01. The third kappa shape index (κ3) is 7.46. The molecule has 8 bridgehead atoms. The fourth-order valence-corrected chi connectivity index (χ4v) is 9.45. The Morgan fingerprint density at radius 3 is 1.95 bits per heavy atom. The summed E-state index contributed by atoms with van der Waals surface area (Å²) in [5.74, 6) is -0.373. The number of hydrogen-bond acceptors (Lipinski definition) is 6. The third-order valence-corrected chi connectivity index (χ3v) is 12.7. The molecule has 6 nitrogen and oxygen atoms in total. The monoisotopic (exact) mass is 768 g/mol. The Morgan fingerprint density at radius 2 is 1.23 bits per heavy atom. The van der Waals surface area contributed by atoms with Gasteiger partial charge in [-0.3, -0.25) is 0 Å². The van der Waals surface area contributed by atoms with E-state index in [9.17, 15) is 4.79 Å². The van der Waals surface area contributed by atoms with Gasteiger partial charge in [-0.25, -0.2) is 14.8 Å². The number of carbonyl (C=O) groups is 1. The highest BCUT2D eigenvalue weighted by molar-refractivity contribution is 7.25. The molecule has 0 atom stereocenters. The average molecular weight is 769 g/mol. The number of aromatic amines is 2. The van der Waals surface area contributed by atoms with Gasteiger partial charge in [0.2, 0.25) is 0 Å². The predicted molar refractivity (Wildman–Crippen MR) is 236 cm³/mol. The first-order chi connectivity index (χ1) is 27.5. The molecule has 0 saturated carbocycles. The van der Waals surface area contributed by atoms with Gasteiger partial charge in [0, 0.05) is 47.2 Å². The third-order valence-electron chi connectivity index (χ3n) is 10.2. The van der Waals surface area contributed by atoms with Crippen molar-refractivity contribution in [2.75, 3.05) is 7.11 Å². The van der Waals surface area contributed by atoms with E-state index in [0.29, 0.717) is 5.56 Å². The molecule has 9 rings (SSSR count). The number of rotatable bonds is 10. The molecule has 276 valence electrons. The number of fused-ring (bicyclic) bond motifs is 8. The summed E-state index contributed by atoms with van der Waals surface area (Å²) in [6.07, 6.45) is 14.4. The largest absolute Gasteiger partial charge is 0.465 e.